The first-order valence-electron chi connectivity index (χ1n) is 10.2. The Hall–Kier alpha value is -1.75. The second kappa shape index (κ2) is 15.2. The van der Waals surface area contributed by atoms with Gasteiger partial charge in [-0.1, -0.05) is 55.8 Å². The van der Waals surface area contributed by atoms with E-state index in [-0.39, 0.29) is 16.3 Å². The van der Waals surface area contributed by atoms with Crippen molar-refractivity contribution in [2.24, 2.45) is 0 Å². The zero-order chi connectivity index (χ0) is 20.6. The number of rotatable bonds is 14. The van der Waals surface area contributed by atoms with Gasteiger partial charge in [-0.3, -0.25) is 9.59 Å². The number of unbranched alkanes of at least 4 members (excludes halogenated alkanes) is 3. The third-order valence-electron chi connectivity index (χ3n) is 4.31. The van der Waals surface area contributed by atoms with E-state index in [1.165, 1.54) is 43.7 Å². The van der Waals surface area contributed by atoms with Crippen molar-refractivity contribution >= 4 is 22.8 Å². The maximum atomic E-state index is 11.5. The SMILES string of the molecule is CCCCCc1ccc(OCC(CC=CCCCC(=O)OC)SC(C)=O)cc1. The number of thioether (sulfide) groups is 1. The maximum absolute atomic E-state index is 11.5. The quantitative estimate of drug-likeness (QED) is 0.224. The van der Waals surface area contributed by atoms with Crippen LogP contribution in [0.1, 0.15) is 64.4 Å². The molecule has 0 aromatic heterocycles. The molecule has 0 heterocycles. The Bertz CT molecular complexity index is 595. The highest BCUT2D eigenvalue weighted by atomic mass is 32.2. The van der Waals surface area contributed by atoms with Crippen molar-refractivity contribution in [2.75, 3.05) is 13.7 Å². The summed E-state index contributed by atoms with van der Waals surface area (Å²) >= 11 is 1.32. The molecule has 4 nitrogen and oxygen atoms in total. The van der Waals surface area contributed by atoms with Gasteiger partial charge in [-0.2, -0.15) is 0 Å². The zero-order valence-electron chi connectivity index (χ0n) is 17.4. The number of allylic oxidation sites excluding steroid dienone is 2. The molecular formula is C23H34O4S. The lowest BCUT2D eigenvalue weighted by Gasteiger charge is -2.14. The summed E-state index contributed by atoms with van der Waals surface area (Å²) in [6.07, 6.45) is 11.7. The van der Waals surface area contributed by atoms with Gasteiger partial charge in [0.15, 0.2) is 5.12 Å². The summed E-state index contributed by atoms with van der Waals surface area (Å²) in [7, 11) is 1.40. The van der Waals surface area contributed by atoms with Crippen LogP contribution < -0.4 is 4.74 Å². The van der Waals surface area contributed by atoms with Crippen molar-refractivity contribution in [3.05, 3.63) is 42.0 Å². The van der Waals surface area contributed by atoms with Gasteiger partial charge >= 0.3 is 5.97 Å². The van der Waals surface area contributed by atoms with Crippen molar-refractivity contribution in [3.8, 4) is 5.75 Å². The molecule has 0 N–H and O–H groups in total. The maximum Gasteiger partial charge on any atom is 0.305 e. The molecule has 1 aromatic carbocycles. The Morgan fingerprint density at radius 1 is 1.11 bits per heavy atom. The van der Waals surface area contributed by atoms with Gasteiger partial charge in [0, 0.05) is 18.6 Å². The van der Waals surface area contributed by atoms with Crippen LogP contribution in [0, 0.1) is 0 Å². The fraction of sp³-hybridized carbons (Fsp3) is 0.565. The molecule has 156 valence electrons. The third-order valence-corrected chi connectivity index (χ3v) is 5.30. The fourth-order valence-electron chi connectivity index (χ4n) is 2.74. The first kappa shape index (κ1) is 24.3. The van der Waals surface area contributed by atoms with Crippen molar-refractivity contribution in [1.29, 1.82) is 0 Å². The normalized spacial score (nSPS) is 12.1. The Kier molecular flexibility index (Phi) is 13.2. The average molecular weight is 407 g/mol. The first-order chi connectivity index (χ1) is 13.5. The number of benzene rings is 1. The van der Waals surface area contributed by atoms with E-state index in [1.807, 2.05) is 12.1 Å². The zero-order valence-corrected chi connectivity index (χ0v) is 18.3. The Balaban J connectivity index is 2.39. The number of carbonyl (C=O) groups is 2. The molecule has 0 saturated carbocycles. The summed E-state index contributed by atoms with van der Waals surface area (Å²) in [6.45, 7) is 4.29. The van der Waals surface area contributed by atoms with E-state index in [0.717, 1.165) is 31.4 Å². The monoisotopic (exact) mass is 406 g/mol. The third kappa shape index (κ3) is 11.9. The number of hydrogen-bond donors (Lipinski definition) is 0. The molecule has 0 fully saturated rings. The van der Waals surface area contributed by atoms with Crippen molar-refractivity contribution in [3.63, 3.8) is 0 Å². The predicted octanol–water partition coefficient (Wildman–Crippen LogP) is 5.74. The lowest BCUT2D eigenvalue weighted by molar-refractivity contribution is -0.140. The molecule has 1 atom stereocenters. The number of methoxy groups -OCH3 is 1. The molecule has 5 heteroatoms. The first-order valence-corrected chi connectivity index (χ1v) is 11.0. The highest BCUT2D eigenvalue weighted by Crippen LogP contribution is 2.20. The second-order valence-corrected chi connectivity index (χ2v) is 8.30. The minimum atomic E-state index is -0.178. The van der Waals surface area contributed by atoms with Gasteiger partial charge in [0.25, 0.3) is 0 Å². The van der Waals surface area contributed by atoms with Crippen LogP contribution in [0.3, 0.4) is 0 Å². The summed E-state index contributed by atoms with van der Waals surface area (Å²) in [4.78, 5) is 22.6. The van der Waals surface area contributed by atoms with Crippen LogP contribution in [0.2, 0.25) is 0 Å². The molecular weight excluding hydrogens is 372 g/mol. The van der Waals surface area contributed by atoms with Gasteiger partial charge < -0.3 is 9.47 Å². The van der Waals surface area contributed by atoms with E-state index in [1.54, 1.807) is 6.92 Å². The average Bonchev–Trinajstić information content (AvgIpc) is 2.69. The summed E-state index contributed by atoms with van der Waals surface area (Å²) in [5.74, 6) is 0.665. The van der Waals surface area contributed by atoms with Crippen molar-refractivity contribution in [2.45, 2.75) is 70.5 Å². The second-order valence-electron chi connectivity index (χ2n) is 6.82. The van der Waals surface area contributed by atoms with Crippen LogP contribution in [-0.2, 0) is 20.7 Å². The molecule has 0 bridgehead atoms. The molecule has 1 unspecified atom stereocenters. The Morgan fingerprint density at radius 3 is 2.50 bits per heavy atom. The van der Waals surface area contributed by atoms with E-state index >= 15 is 0 Å². The number of esters is 1. The molecule has 0 aliphatic heterocycles. The standard InChI is InChI=1S/C23H34O4S/c1-4-5-8-11-20-14-16-21(17-15-20)27-18-22(28-19(2)24)12-9-6-7-10-13-23(25)26-3/h6,9,14-17,22H,4-5,7-8,10-13,18H2,1-3H3. The molecule has 0 saturated heterocycles. The van der Waals surface area contributed by atoms with Gasteiger partial charge in [0.1, 0.15) is 12.4 Å². The van der Waals surface area contributed by atoms with Crippen LogP contribution in [-0.4, -0.2) is 30.1 Å². The summed E-state index contributed by atoms with van der Waals surface area (Å²) in [5.41, 5.74) is 1.34. The lowest BCUT2D eigenvalue weighted by Crippen LogP contribution is -2.15. The van der Waals surface area contributed by atoms with Gasteiger partial charge in [-0.25, -0.2) is 0 Å². The van der Waals surface area contributed by atoms with Gasteiger partial charge in [-0.15, -0.1) is 0 Å². The van der Waals surface area contributed by atoms with Crippen molar-refractivity contribution in [1.82, 2.24) is 0 Å². The van der Waals surface area contributed by atoms with Crippen molar-refractivity contribution < 1.29 is 19.1 Å². The summed E-state index contributed by atoms with van der Waals surface area (Å²) in [5, 5.41) is 0.178. The van der Waals surface area contributed by atoms with E-state index in [9.17, 15) is 9.59 Å². The topological polar surface area (TPSA) is 52.6 Å². The molecule has 0 radical (unpaired) electrons. The van der Waals surface area contributed by atoms with Crippen LogP contribution in [0.15, 0.2) is 36.4 Å². The molecule has 28 heavy (non-hydrogen) atoms. The van der Waals surface area contributed by atoms with Gasteiger partial charge in [-0.05, 0) is 49.8 Å². The van der Waals surface area contributed by atoms with Crippen LogP contribution >= 0.6 is 11.8 Å². The van der Waals surface area contributed by atoms with E-state index in [2.05, 4.69) is 35.9 Å². The smallest absolute Gasteiger partial charge is 0.305 e. The van der Waals surface area contributed by atoms with E-state index in [0.29, 0.717) is 13.0 Å². The van der Waals surface area contributed by atoms with E-state index in [4.69, 9.17) is 4.74 Å². The number of ether oxygens (including phenoxy) is 2. The Morgan fingerprint density at radius 2 is 1.86 bits per heavy atom. The molecule has 0 spiro atoms. The molecule has 1 aromatic rings. The lowest BCUT2D eigenvalue weighted by atomic mass is 10.1. The predicted molar refractivity (Wildman–Crippen MR) is 117 cm³/mol. The molecule has 1 rings (SSSR count). The number of hydrogen-bond acceptors (Lipinski definition) is 5. The highest BCUT2D eigenvalue weighted by Gasteiger charge is 2.12. The number of aryl methyl sites for hydroxylation is 1. The van der Waals surface area contributed by atoms with Gasteiger partial charge in [0.2, 0.25) is 0 Å². The molecule has 0 aliphatic carbocycles. The number of carbonyl (C=O) groups excluding carboxylic acids is 2. The molecule has 0 aliphatic rings. The van der Waals surface area contributed by atoms with Crippen LogP contribution in [0.5, 0.6) is 5.75 Å². The Labute approximate surface area is 174 Å². The minimum absolute atomic E-state index is 0.0820. The van der Waals surface area contributed by atoms with Crippen LogP contribution in [0.4, 0.5) is 0 Å². The summed E-state index contributed by atoms with van der Waals surface area (Å²) in [6, 6.07) is 8.28. The fourth-order valence-corrected chi connectivity index (χ4v) is 3.55. The van der Waals surface area contributed by atoms with Gasteiger partial charge in [0.05, 0.1) is 7.11 Å². The minimum Gasteiger partial charge on any atom is -0.492 e. The van der Waals surface area contributed by atoms with E-state index < -0.39 is 0 Å². The highest BCUT2D eigenvalue weighted by molar-refractivity contribution is 8.14. The van der Waals surface area contributed by atoms with Crippen LogP contribution in [0.25, 0.3) is 0 Å². The molecule has 0 amide bonds. The summed E-state index contributed by atoms with van der Waals surface area (Å²) < 4.78 is 10.5. The largest absolute Gasteiger partial charge is 0.492 e.